The summed E-state index contributed by atoms with van der Waals surface area (Å²) < 4.78 is 93.0. The summed E-state index contributed by atoms with van der Waals surface area (Å²) in [5.41, 5.74) is 12.1. The Morgan fingerprint density at radius 2 is 1.27 bits per heavy atom. The quantitative estimate of drug-likeness (QED) is 0.172. The number of nitrogens with two attached hydrogens (primary N) is 2. The van der Waals surface area contributed by atoms with Gasteiger partial charge in [0.1, 0.15) is 48.1 Å². The first-order valence-electron chi connectivity index (χ1n) is 12.7. The molecule has 0 aliphatic carbocycles. The fourth-order valence-electron chi connectivity index (χ4n) is 5.17. The van der Waals surface area contributed by atoms with Crippen LogP contribution in [-0.2, 0) is 36.7 Å². The molecule has 236 valence electrons. The highest BCUT2D eigenvalue weighted by Crippen LogP contribution is 2.58. The third-order valence-corrected chi connectivity index (χ3v) is 9.77. The molecule has 0 spiro atoms. The van der Waals surface area contributed by atoms with Crippen LogP contribution in [0.5, 0.6) is 0 Å². The van der Waals surface area contributed by atoms with Gasteiger partial charge in [-0.2, -0.15) is 0 Å². The van der Waals surface area contributed by atoms with Crippen LogP contribution in [-0.4, -0.2) is 93.9 Å². The fraction of sp³-hybridized carbons (Fsp3) is 0.500. The summed E-state index contributed by atoms with van der Waals surface area (Å²) in [6, 6.07) is 0. The molecule has 7 rings (SSSR count). The molecule has 44 heavy (non-hydrogen) atoms. The zero-order valence-corrected chi connectivity index (χ0v) is 24.6. The Morgan fingerprint density at radius 1 is 0.795 bits per heavy atom. The first kappa shape index (κ1) is 29.8. The Morgan fingerprint density at radius 3 is 1.80 bits per heavy atom. The average Bonchev–Trinajstić information content (AvgIpc) is 3.73. The molecule has 0 aromatic carbocycles. The van der Waals surface area contributed by atoms with Gasteiger partial charge in [0.2, 0.25) is 0 Å². The average molecular weight is 678 g/mol. The Balaban J connectivity index is 1.17. The van der Waals surface area contributed by atoms with Gasteiger partial charge in [0.15, 0.2) is 47.7 Å². The number of phosphoric acid groups is 1. The van der Waals surface area contributed by atoms with Crippen LogP contribution in [0.2, 0.25) is 0 Å². The number of imidazole rings is 2. The first-order chi connectivity index (χ1) is 20.9. The molecule has 19 nitrogen and oxygen atoms in total. The van der Waals surface area contributed by atoms with Gasteiger partial charge in [0.25, 0.3) is 0 Å². The highest BCUT2D eigenvalue weighted by Gasteiger charge is 2.54. The molecule has 4 aromatic heterocycles. The molecule has 2 unspecified atom stereocenters. The van der Waals surface area contributed by atoms with Gasteiger partial charge in [-0.25, -0.2) is 47.8 Å². The van der Waals surface area contributed by atoms with E-state index in [4.69, 9.17) is 39.0 Å². The van der Waals surface area contributed by atoms with Crippen molar-refractivity contribution in [3.8, 4) is 0 Å². The van der Waals surface area contributed by atoms with Crippen molar-refractivity contribution in [2.75, 3.05) is 24.7 Å². The summed E-state index contributed by atoms with van der Waals surface area (Å²) >= 11 is 3.96. The number of ether oxygens (including phenoxy) is 2. The van der Waals surface area contributed by atoms with Crippen LogP contribution >= 0.6 is 26.9 Å². The Labute approximate surface area is 249 Å². The number of halogens is 2. The predicted molar refractivity (Wildman–Crippen MR) is 145 cm³/mol. The summed E-state index contributed by atoms with van der Waals surface area (Å²) in [5.74, 6) is 0.0501. The number of aromatic nitrogens is 8. The van der Waals surface area contributed by atoms with E-state index in [-0.39, 0.29) is 34.0 Å². The summed E-state index contributed by atoms with van der Waals surface area (Å²) in [7, 11) is -5.08. The Bertz CT molecular complexity index is 1710. The molecule has 7 heterocycles. The van der Waals surface area contributed by atoms with E-state index < -0.39 is 77.0 Å². The minimum atomic E-state index is -5.08. The van der Waals surface area contributed by atoms with Crippen LogP contribution in [0.4, 0.5) is 20.4 Å². The van der Waals surface area contributed by atoms with Gasteiger partial charge in [-0.15, -0.1) is 0 Å². The number of fused-ring (bicyclic) bond motifs is 4. The van der Waals surface area contributed by atoms with Crippen LogP contribution in [0.3, 0.4) is 0 Å². The van der Waals surface area contributed by atoms with Gasteiger partial charge in [0, 0.05) is 0 Å². The summed E-state index contributed by atoms with van der Waals surface area (Å²) in [4.78, 5) is 34.4. The predicted octanol–water partition coefficient (Wildman–Crippen LogP) is 1.26. The maximum Gasteiger partial charge on any atom is 0.472 e. The Kier molecular flexibility index (Phi) is 7.35. The standard InChI is InChI=1S/C20H22F2N10O9P2S/c21-9-13-8(39-19(9)31-5-29-11-15(23)25-3-27-17(11)31)2-37-43(35,44)41-14-7(1-36-42(33,34)40-13)38-20(10(14)22)32-6-30-12-16(24)26-4-28-18(12)32/h3-10,13-14,19-20H,1-2H2,(H,33,34)(H,35,44)(H2,23,25,27)(H2,24,26,28)/t7-,8-,9-,10-,13-,14-,19-,20-,43?/m1/s1. The number of anilines is 2. The van der Waals surface area contributed by atoms with Crippen molar-refractivity contribution in [1.29, 1.82) is 0 Å². The summed E-state index contributed by atoms with van der Waals surface area (Å²) in [6.07, 6.45) is -9.02. The van der Waals surface area contributed by atoms with Crippen LogP contribution in [0.1, 0.15) is 12.5 Å². The number of phosphoric ester groups is 1. The molecule has 0 bridgehead atoms. The lowest BCUT2D eigenvalue weighted by atomic mass is 10.1. The zero-order chi connectivity index (χ0) is 31.0. The SMILES string of the molecule is Nc1ncnc2c1ncn2[C@@H]1O[C@@H]2COP(=O)(S)O[C@H]3[C@@H](F)[C@H](n4cnc5c(N)ncnc54)O[C@@H]3COP(=O)(O)O[C@H]2[C@H]1F. The molecule has 3 saturated heterocycles. The number of nitrogens with zero attached hydrogens (tertiary/aromatic N) is 8. The Hall–Kier alpha value is -2.91. The van der Waals surface area contributed by atoms with Gasteiger partial charge in [-0.05, 0) is 0 Å². The number of rotatable bonds is 2. The lowest BCUT2D eigenvalue weighted by molar-refractivity contribution is -0.0605. The van der Waals surface area contributed by atoms with E-state index in [9.17, 15) is 14.0 Å². The molecule has 0 radical (unpaired) electrons. The number of alkyl halides is 2. The van der Waals surface area contributed by atoms with Crippen LogP contribution in [0.15, 0.2) is 25.3 Å². The van der Waals surface area contributed by atoms with Crippen molar-refractivity contribution in [3.05, 3.63) is 25.3 Å². The third-order valence-electron chi connectivity index (χ3n) is 7.17. The van der Waals surface area contributed by atoms with E-state index in [1.54, 1.807) is 0 Å². The van der Waals surface area contributed by atoms with Gasteiger partial charge >= 0.3 is 14.6 Å². The van der Waals surface area contributed by atoms with Gasteiger partial charge in [-0.1, -0.05) is 12.2 Å². The fourth-order valence-corrected chi connectivity index (χ4v) is 7.61. The van der Waals surface area contributed by atoms with Crippen molar-refractivity contribution >= 4 is 60.8 Å². The van der Waals surface area contributed by atoms with Gasteiger partial charge in [0.05, 0.1) is 25.9 Å². The molecule has 5 N–H and O–H groups in total. The topological polar surface area (TPSA) is 249 Å². The number of thiol groups is 1. The van der Waals surface area contributed by atoms with Crippen molar-refractivity contribution in [3.63, 3.8) is 0 Å². The molecular weight excluding hydrogens is 656 g/mol. The highest BCUT2D eigenvalue weighted by atomic mass is 32.7. The molecule has 10 atom stereocenters. The maximum absolute atomic E-state index is 15.9. The lowest BCUT2D eigenvalue weighted by Gasteiger charge is -2.27. The molecule has 0 amide bonds. The van der Waals surface area contributed by atoms with Crippen LogP contribution in [0, 0.1) is 0 Å². The second-order valence-electron chi connectivity index (χ2n) is 9.85. The summed E-state index contributed by atoms with van der Waals surface area (Å²) in [6.45, 7) is -5.98. The molecule has 3 aliphatic rings. The normalized spacial score (nSPS) is 38.3. The molecule has 0 saturated carbocycles. The molecular formula is C20H22F2N10O9P2S. The minimum absolute atomic E-state index is 0.0226. The third kappa shape index (κ3) is 5.14. The lowest BCUT2D eigenvalue weighted by Crippen LogP contribution is -2.37. The van der Waals surface area contributed by atoms with E-state index in [1.165, 1.54) is 21.8 Å². The number of hydrogen-bond acceptors (Lipinski definition) is 16. The highest BCUT2D eigenvalue weighted by molar-refractivity contribution is 8.44. The van der Waals surface area contributed by atoms with Gasteiger partial charge in [-0.3, -0.25) is 27.2 Å². The molecule has 3 fully saturated rings. The van der Waals surface area contributed by atoms with Crippen molar-refractivity contribution < 1.29 is 50.4 Å². The largest absolute Gasteiger partial charge is 0.472 e. The van der Waals surface area contributed by atoms with Crippen molar-refractivity contribution in [1.82, 2.24) is 39.0 Å². The van der Waals surface area contributed by atoms with E-state index in [1.807, 2.05) is 0 Å². The van der Waals surface area contributed by atoms with Crippen molar-refractivity contribution in [2.24, 2.45) is 0 Å². The number of nitrogen functional groups attached to an aromatic ring is 2. The second-order valence-corrected chi connectivity index (χ2v) is 14.1. The molecule has 24 heteroatoms. The van der Waals surface area contributed by atoms with E-state index in [0.29, 0.717) is 0 Å². The smallest absolute Gasteiger partial charge is 0.382 e. The number of hydrogen-bond donors (Lipinski definition) is 4. The molecule has 4 aromatic rings. The molecule has 3 aliphatic heterocycles. The van der Waals surface area contributed by atoms with E-state index in [0.717, 1.165) is 12.7 Å². The summed E-state index contributed by atoms with van der Waals surface area (Å²) in [5, 5.41) is 0. The maximum atomic E-state index is 15.9. The van der Waals surface area contributed by atoms with Crippen LogP contribution < -0.4 is 11.5 Å². The van der Waals surface area contributed by atoms with Gasteiger partial charge < -0.3 is 25.8 Å². The zero-order valence-electron chi connectivity index (χ0n) is 21.9. The second kappa shape index (κ2) is 10.9. The van der Waals surface area contributed by atoms with E-state index in [2.05, 4.69) is 42.2 Å². The first-order valence-corrected chi connectivity index (χ1v) is 16.9. The monoisotopic (exact) mass is 678 g/mol. The minimum Gasteiger partial charge on any atom is -0.382 e. The van der Waals surface area contributed by atoms with Crippen molar-refractivity contribution in [2.45, 2.75) is 49.2 Å². The van der Waals surface area contributed by atoms with E-state index >= 15 is 8.78 Å². The van der Waals surface area contributed by atoms with Crippen LogP contribution in [0.25, 0.3) is 22.3 Å².